The first kappa shape index (κ1) is 15.3. The molecule has 1 atom stereocenters. The first-order valence-electron chi connectivity index (χ1n) is 6.05. The van der Waals surface area contributed by atoms with Crippen molar-refractivity contribution in [2.45, 2.75) is 12.5 Å². The van der Waals surface area contributed by atoms with Crippen molar-refractivity contribution in [1.82, 2.24) is 0 Å². The largest absolute Gasteiger partial charge is 0.394 e. The van der Waals surface area contributed by atoms with E-state index in [0.717, 1.165) is 15.7 Å². The van der Waals surface area contributed by atoms with Crippen molar-refractivity contribution in [3.63, 3.8) is 0 Å². The number of anilines is 1. The molecule has 0 aliphatic carbocycles. The van der Waals surface area contributed by atoms with Gasteiger partial charge in [0, 0.05) is 10.2 Å². The molecule has 5 heteroatoms. The molecule has 0 saturated carbocycles. The van der Waals surface area contributed by atoms with Crippen LogP contribution in [0.4, 0.5) is 10.1 Å². The second kappa shape index (κ2) is 6.12. The molecule has 0 radical (unpaired) electrons. The molecule has 0 amide bonds. The molecule has 2 nitrogen and oxygen atoms in total. The summed E-state index contributed by atoms with van der Waals surface area (Å²) in [6, 6.07) is 11.5. The molecule has 2 aromatic carbocycles. The highest BCUT2D eigenvalue weighted by Crippen LogP contribution is 2.30. The summed E-state index contributed by atoms with van der Waals surface area (Å²) >= 11 is 9.31. The van der Waals surface area contributed by atoms with Gasteiger partial charge in [-0.15, -0.1) is 0 Å². The molecule has 106 valence electrons. The average Bonchev–Trinajstić information content (AvgIpc) is 2.43. The summed E-state index contributed by atoms with van der Waals surface area (Å²) in [5, 5.41) is 13.6. The Morgan fingerprint density at radius 2 is 1.90 bits per heavy atom. The molecule has 2 aromatic rings. The van der Waals surface area contributed by atoms with E-state index in [2.05, 4.69) is 21.2 Å². The van der Waals surface area contributed by atoms with E-state index < -0.39 is 5.54 Å². The van der Waals surface area contributed by atoms with Crippen LogP contribution in [-0.2, 0) is 5.54 Å². The molecule has 0 bridgehead atoms. The van der Waals surface area contributed by atoms with Gasteiger partial charge in [0.1, 0.15) is 5.82 Å². The molecule has 0 heterocycles. The SMILES string of the molecule is CC(CO)(Nc1ccc(Cl)c(Br)c1)c1ccc(F)cc1. The number of aliphatic hydroxyl groups excluding tert-OH is 1. The highest BCUT2D eigenvalue weighted by molar-refractivity contribution is 9.10. The predicted molar refractivity (Wildman–Crippen MR) is 83.6 cm³/mol. The topological polar surface area (TPSA) is 32.3 Å². The monoisotopic (exact) mass is 357 g/mol. The van der Waals surface area contributed by atoms with E-state index in [4.69, 9.17) is 11.6 Å². The van der Waals surface area contributed by atoms with Gasteiger partial charge in [-0.1, -0.05) is 23.7 Å². The zero-order chi connectivity index (χ0) is 14.8. The Labute approximate surface area is 130 Å². The second-order valence-corrected chi connectivity index (χ2v) is 6.01. The molecule has 0 saturated heterocycles. The third-order valence-corrected chi connectivity index (χ3v) is 4.35. The van der Waals surface area contributed by atoms with Crippen molar-refractivity contribution in [1.29, 1.82) is 0 Å². The summed E-state index contributed by atoms with van der Waals surface area (Å²) in [7, 11) is 0. The lowest BCUT2D eigenvalue weighted by Crippen LogP contribution is -2.35. The van der Waals surface area contributed by atoms with Crippen molar-refractivity contribution in [2.75, 3.05) is 11.9 Å². The summed E-state index contributed by atoms with van der Waals surface area (Å²) in [6.07, 6.45) is 0. The number of hydrogen-bond acceptors (Lipinski definition) is 2. The molecule has 0 spiro atoms. The van der Waals surface area contributed by atoms with E-state index >= 15 is 0 Å². The molecular weight excluding hydrogens is 345 g/mol. The predicted octanol–water partition coefficient (Wildman–Crippen LogP) is 4.56. The fraction of sp³-hybridized carbons (Fsp3) is 0.200. The van der Waals surface area contributed by atoms with Crippen molar-refractivity contribution in [3.8, 4) is 0 Å². The Bertz CT molecular complexity index is 605. The third-order valence-electron chi connectivity index (χ3n) is 3.14. The van der Waals surface area contributed by atoms with Gasteiger partial charge >= 0.3 is 0 Å². The number of hydrogen-bond donors (Lipinski definition) is 2. The Balaban J connectivity index is 2.31. The molecule has 0 aliphatic heterocycles. The molecule has 0 aromatic heterocycles. The lowest BCUT2D eigenvalue weighted by atomic mass is 9.92. The number of rotatable bonds is 4. The van der Waals surface area contributed by atoms with Crippen LogP contribution in [0.2, 0.25) is 5.02 Å². The third kappa shape index (κ3) is 3.32. The van der Waals surface area contributed by atoms with Crippen molar-refractivity contribution in [3.05, 3.63) is 63.3 Å². The van der Waals surface area contributed by atoms with Gasteiger partial charge < -0.3 is 10.4 Å². The quantitative estimate of drug-likeness (QED) is 0.839. The minimum absolute atomic E-state index is 0.126. The number of benzene rings is 2. The van der Waals surface area contributed by atoms with Crippen LogP contribution < -0.4 is 5.32 Å². The maximum Gasteiger partial charge on any atom is 0.123 e. The van der Waals surface area contributed by atoms with Crippen molar-refractivity contribution in [2.24, 2.45) is 0 Å². The van der Waals surface area contributed by atoms with Crippen LogP contribution >= 0.6 is 27.5 Å². The average molecular weight is 359 g/mol. The van der Waals surface area contributed by atoms with Crippen LogP contribution in [0.25, 0.3) is 0 Å². The van der Waals surface area contributed by atoms with Crippen LogP contribution in [-0.4, -0.2) is 11.7 Å². The van der Waals surface area contributed by atoms with Gasteiger partial charge in [-0.2, -0.15) is 0 Å². The van der Waals surface area contributed by atoms with Crippen molar-refractivity contribution >= 4 is 33.2 Å². The number of nitrogens with one attached hydrogen (secondary N) is 1. The zero-order valence-electron chi connectivity index (χ0n) is 10.8. The van der Waals surface area contributed by atoms with Crippen molar-refractivity contribution < 1.29 is 9.50 Å². The highest BCUT2D eigenvalue weighted by Gasteiger charge is 2.25. The summed E-state index contributed by atoms with van der Waals surface area (Å²) < 4.78 is 13.8. The van der Waals surface area contributed by atoms with Gasteiger partial charge in [-0.05, 0) is 58.7 Å². The first-order chi connectivity index (χ1) is 9.44. The zero-order valence-corrected chi connectivity index (χ0v) is 13.2. The van der Waals surface area contributed by atoms with E-state index in [-0.39, 0.29) is 12.4 Å². The van der Waals surface area contributed by atoms with E-state index in [1.54, 1.807) is 18.2 Å². The van der Waals surface area contributed by atoms with Crippen LogP contribution in [0.5, 0.6) is 0 Å². The minimum atomic E-state index is -0.707. The van der Waals surface area contributed by atoms with Crippen LogP contribution in [0, 0.1) is 5.82 Å². The van der Waals surface area contributed by atoms with Gasteiger partial charge in [-0.25, -0.2) is 4.39 Å². The van der Waals surface area contributed by atoms with E-state index in [9.17, 15) is 9.50 Å². The molecule has 0 fully saturated rings. The van der Waals surface area contributed by atoms with Crippen LogP contribution in [0.3, 0.4) is 0 Å². The number of aliphatic hydroxyl groups is 1. The first-order valence-corrected chi connectivity index (χ1v) is 7.22. The van der Waals surface area contributed by atoms with Gasteiger partial charge in [-0.3, -0.25) is 0 Å². The standard InChI is InChI=1S/C15H14BrClFNO/c1-15(9-20,10-2-4-11(18)5-3-10)19-12-6-7-14(17)13(16)8-12/h2-8,19-20H,9H2,1H3. The van der Waals surface area contributed by atoms with Crippen LogP contribution in [0.15, 0.2) is 46.9 Å². The Morgan fingerprint density at radius 3 is 2.45 bits per heavy atom. The molecular formula is C15H14BrClFNO. The molecule has 2 rings (SSSR count). The Hall–Kier alpha value is -1.10. The summed E-state index contributed by atoms with van der Waals surface area (Å²) in [5.74, 6) is -0.303. The number of halogens is 3. The fourth-order valence-corrected chi connectivity index (χ4v) is 2.41. The highest BCUT2D eigenvalue weighted by atomic mass is 79.9. The Kier molecular flexibility index (Phi) is 4.68. The molecule has 20 heavy (non-hydrogen) atoms. The smallest absolute Gasteiger partial charge is 0.123 e. The molecule has 0 aliphatic rings. The maximum atomic E-state index is 13.0. The van der Waals surface area contributed by atoms with E-state index in [1.165, 1.54) is 12.1 Å². The lowest BCUT2D eigenvalue weighted by Gasteiger charge is -2.30. The van der Waals surface area contributed by atoms with E-state index in [0.29, 0.717) is 5.02 Å². The van der Waals surface area contributed by atoms with Gasteiger partial charge in [0.15, 0.2) is 0 Å². The van der Waals surface area contributed by atoms with Gasteiger partial charge in [0.25, 0.3) is 0 Å². The summed E-state index contributed by atoms with van der Waals surface area (Å²) in [6.45, 7) is 1.72. The van der Waals surface area contributed by atoms with Crippen LogP contribution in [0.1, 0.15) is 12.5 Å². The Morgan fingerprint density at radius 1 is 1.25 bits per heavy atom. The maximum absolute atomic E-state index is 13.0. The summed E-state index contributed by atoms with van der Waals surface area (Å²) in [5.41, 5.74) is 0.899. The normalized spacial score (nSPS) is 13.8. The van der Waals surface area contributed by atoms with E-state index in [1.807, 2.05) is 19.1 Å². The lowest BCUT2D eigenvalue weighted by molar-refractivity contribution is 0.224. The second-order valence-electron chi connectivity index (χ2n) is 4.75. The summed E-state index contributed by atoms with van der Waals surface area (Å²) in [4.78, 5) is 0. The van der Waals surface area contributed by atoms with Gasteiger partial charge in [0.2, 0.25) is 0 Å². The van der Waals surface area contributed by atoms with Gasteiger partial charge in [0.05, 0.1) is 17.2 Å². The minimum Gasteiger partial charge on any atom is -0.394 e. The molecule has 1 unspecified atom stereocenters. The molecule has 2 N–H and O–H groups in total. The fourth-order valence-electron chi connectivity index (χ4n) is 1.91.